The zero-order valence-corrected chi connectivity index (χ0v) is 16.9. The number of carbonyl (C=O) groups excluding carboxylic acids is 1. The van der Waals surface area contributed by atoms with E-state index < -0.39 is 0 Å². The molecule has 6 nitrogen and oxygen atoms in total. The largest absolute Gasteiger partial charge is 0.348 e. The third-order valence-electron chi connectivity index (χ3n) is 5.88. The van der Waals surface area contributed by atoms with Crippen molar-refractivity contribution < 1.29 is 4.79 Å². The van der Waals surface area contributed by atoms with Crippen LogP contribution in [0.15, 0.2) is 28.7 Å². The zero-order chi connectivity index (χ0) is 18.4. The third kappa shape index (κ3) is 3.67. The summed E-state index contributed by atoms with van der Waals surface area (Å²) in [6.07, 6.45) is 6.96. The van der Waals surface area contributed by atoms with Crippen LogP contribution in [-0.2, 0) is 0 Å². The molecule has 3 aliphatic rings. The molecule has 1 amide bonds. The molecule has 0 atom stereocenters. The minimum Gasteiger partial charge on any atom is -0.348 e. The first-order valence-electron chi connectivity index (χ1n) is 9.95. The molecule has 0 unspecified atom stereocenters. The topological polar surface area (TPSA) is 63.1 Å². The summed E-state index contributed by atoms with van der Waals surface area (Å²) in [4.78, 5) is 15.5. The number of halogens is 1. The van der Waals surface area contributed by atoms with Gasteiger partial charge in [0.1, 0.15) is 0 Å². The van der Waals surface area contributed by atoms with E-state index in [0.29, 0.717) is 11.6 Å². The minimum atomic E-state index is -0.0647. The Morgan fingerprint density at radius 1 is 1.04 bits per heavy atom. The Kier molecular flexibility index (Phi) is 4.52. The molecule has 0 bridgehead atoms. The molecule has 1 aromatic heterocycles. The van der Waals surface area contributed by atoms with Crippen molar-refractivity contribution >= 4 is 21.8 Å². The number of hydrogen-bond acceptors (Lipinski definition) is 4. The fourth-order valence-corrected chi connectivity index (χ4v) is 4.31. The van der Waals surface area contributed by atoms with E-state index >= 15 is 0 Å². The van der Waals surface area contributed by atoms with Crippen molar-refractivity contribution in [3.8, 4) is 5.69 Å². The van der Waals surface area contributed by atoms with E-state index in [9.17, 15) is 4.79 Å². The zero-order valence-electron chi connectivity index (χ0n) is 15.3. The molecular weight excluding hydrogens is 406 g/mol. The lowest BCUT2D eigenvalue weighted by Crippen LogP contribution is -2.45. The average Bonchev–Trinajstić information content (AvgIpc) is 3.61. The number of nitrogens with one attached hydrogen (secondary N) is 1. The van der Waals surface area contributed by atoms with Crippen molar-refractivity contribution in [1.29, 1.82) is 0 Å². The summed E-state index contributed by atoms with van der Waals surface area (Å²) in [5, 5.41) is 11.8. The van der Waals surface area contributed by atoms with Crippen molar-refractivity contribution in [2.24, 2.45) is 0 Å². The van der Waals surface area contributed by atoms with Crippen LogP contribution in [0.3, 0.4) is 0 Å². The molecule has 142 valence electrons. The van der Waals surface area contributed by atoms with Gasteiger partial charge in [-0.25, -0.2) is 4.68 Å². The first kappa shape index (κ1) is 17.4. The molecular formula is C20H24BrN5O. The van der Waals surface area contributed by atoms with Gasteiger partial charge in [0.15, 0.2) is 5.69 Å². The molecule has 1 saturated heterocycles. The summed E-state index contributed by atoms with van der Waals surface area (Å²) < 4.78 is 2.86. The summed E-state index contributed by atoms with van der Waals surface area (Å²) in [6.45, 7) is 2.19. The monoisotopic (exact) mass is 429 g/mol. The molecule has 2 aliphatic carbocycles. The molecule has 0 radical (unpaired) electrons. The van der Waals surface area contributed by atoms with Gasteiger partial charge in [0, 0.05) is 35.6 Å². The van der Waals surface area contributed by atoms with Gasteiger partial charge in [-0.1, -0.05) is 21.1 Å². The molecule has 2 aromatic rings. The molecule has 27 heavy (non-hydrogen) atoms. The second kappa shape index (κ2) is 7.02. The van der Waals surface area contributed by atoms with Crippen LogP contribution in [0.5, 0.6) is 0 Å². The normalized spacial score (nSPS) is 21.4. The van der Waals surface area contributed by atoms with E-state index in [-0.39, 0.29) is 11.9 Å². The second-order valence-corrected chi connectivity index (χ2v) is 8.92. The fourth-order valence-electron chi connectivity index (χ4n) is 4.05. The maximum atomic E-state index is 12.9. The van der Waals surface area contributed by atoms with Gasteiger partial charge in [0.05, 0.1) is 11.4 Å². The first-order valence-corrected chi connectivity index (χ1v) is 10.7. The highest BCUT2D eigenvalue weighted by Gasteiger charge is 2.36. The van der Waals surface area contributed by atoms with Crippen LogP contribution >= 0.6 is 15.9 Å². The summed E-state index contributed by atoms with van der Waals surface area (Å²) in [5.74, 6) is 0.325. The molecule has 0 spiro atoms. The molecule has 1 N–H and O–H groups in total. The van der Waals surface area contributed by atoms with Crippen LogP contribution < -0.4 is 5.32 Å². The lowest BCUT2D eigenvalue weighted by atomic mass is 10.0. The van der Waals surface area contributed by atoms with Crippen molar-refractivity contribution in [2.75, 3.05) is 13.1 Å². The van der Waals surface area contributed by atoms with Gasteiger partial charge in [-0.3, -0.25) is 4.79 Å². The van der Waals surface area contributed by atoms with Crippen LogP contribution in [0.4, 0.5) is 0 Å². The molecule has 5 rings (SSSR count). The van der Waals surface area contributed by atoms with Gasteiger partial charge in [-0.2, -0.15) is 0 Å². The second-order valence-electron chi connectivity index (χ2n) is 8.00. The number of aromatic nitrogens is 3. The van der Waals surface area contributed by atoms with E-state index in [1.54, 1.807) is 0 Å². The van der Waals surface area contributed by atoms with Crippen LogP contribution in [0.1, 0.15) is 60.6 Å². The molecule has 3 fully saturated rings. The Labute approximate surface area is 167 Å². The summed E-state index contributed by atoms with van der Waals surface area (Å²) >= 11 is 3.47. The average molecular weight is 430 g/mol. The quantitative estimate of drug-likeness (QED) is 0.791. The SMILES string of the molecule is O=C(NC1CCN(C2CC2)CC1)c1nnn(-c2ccc(Br)cc2)c1C1CC1. The summed E-state index contributed by atoms with van der Waals surface area (Å²) in [7, 11) is 0. The molecule has 7 heteroatoms. The van der Waals surface area contributed by atoms with Crippen molar-refractivity contribution in [1.82, 2.24) is 25.2 Å². The highest BCUT2D eigenvalue weighted by Crippen LogP contribution is 2.42. The number of benzene rings is 1. The number of carbonyl (C=O) groups is 1. The van der Waals surface area contributed by atoms with Gasteiger partial charge in [-0.15, -0.1) is 5.10 Å². The van der Waals surface area contributed by atoms with Gasteiger partial charge < -0.3 is 10.2 Å². The molecule has 1 aliphatic heterocycles. The van der Waals surface area contributed by atoms with Gasteiger partial charge in [-0.05, 0) is 62.8 Å². The Hall–Kier alpha value is -1.73. The fraction of sp³-hybridized carbons (Fsp3) is 0.550. The van der Waals surface area contributed by atoms with E-state index in [1.165, 1.54) is 12.8 Å². The van der Waals surface area contributed by atoms with Gasteiger partial charge in [0.25, 0.3) is 5.91 Å². The predicted octanol–water partition coefficient (Wildman–Crippen LogP) is 3.26. The van der Waals surface area contributed by atoms with Crippen LogP contribution in [-0.4, -0.2) is 51.0 Å². The number of hydrogen-bond donors (Lipinski definition) is 1. The van der Waals surface area contributed by atoms with Crippen LogP contribution in [0.2, 0.25) is 0 Å². The number of nitrogens with zero attached hydrogens (tertiary/aromatic N) is 4. The molecule has 2 saturated carbocycles. The highest BCUT2D eigenvalue weighted by molar-refractivity contribution is 9.10. The van der Waals surface area contributed by atoms with Crippen LogP contribution in [0.25, 0.3) is 5.69 Å². The van der Waals surface area contributed by atoms with Crippen molar-refractivity contribution in [2.45, 2.75) is 56.5 Å². The van der Waals surface area contributed by atoms with E-state index in [0.717, 1.165) is 60.7 Å². The molecule has 1 aromatic carbocycles. The maximum Gasteiger partial charge on any atom is 0.274 e. The Bertz CT molecular complexity index is 833. The third-order valence-corrected chi connectivity index (χ3v) is 6.41. The standard InChI is InChI=1S/C20H24BrN5O/c21-14-3-5-17(6-4-14)26-19(13-1-2-13)18(23-24-26)20(27)22-15-9-11-25(12-10-15)16-7-8-16/h3-6,13,15-16H,1-2,7-12H2,(H,22,27). The van der Waals surface area contributed by atoms with E-state index in [4.69, 9.17) is 0 Å². The Morgan fingerprint density at radius 3 is 2.37 bits per heavy atom. The predicted molar refractivity (Wildman–Crippen MR) is 106 cm³/mol. The van der Waals surface area contributed by atoms with E-state index in [2.05, 4.69) is 36.5 Å². The van der Waals surface area contributed by atoms with Crippen molar-refractivity contribution in [3.05, 3.63) is 40.1 Å². The lowest BCUT2D eigenvalue weighted by molar-refractivity contribution is 0.0903. The summed E-state index contributed by atoms with van der Waals surface area (Å²) in [6, 6.07) is 9.04. The lowest BCUT2D eigenvalue weighted by Gasteiger charge is -2.32. The first-order chi connectivity index (χ1) is 13.2. The smallest absolute Gasteiger partial charge is 0.274 e. The Balaban J connectivity index is 1.32. The van der Waals surface area contributed by atoms with Gasteiger partial charge >= 0.3 is 0 Å². The highest BCUT2D eigenvalue weighted by atomic mass is 79.9. The van der Waals surface area contributed by atoms with Crippen LogP contribution in [0, 0.1) is 0 Å². The number of amides is 1. The Morgan fingerprint density at radius 2 is 1.74 bits per heavy atom. The minimum absolute atomic E-state index is 0.0647. The van der Waals surface area contributed by atoms with Gasteiger partial charge in [0.2, 0.25) is 0 Å². The maximum absolute atomic E-state index is 12.9. The van der Waals surface area contributed by atoms with Crippen molar-refractivity contribution in [3.63, 3.8) is 0 Å². The number of rotatable bonds is 5. The number of piperidine rings is 1. The summed E-state index contributed by atoms with van der Waals surface area (Å²) in [5.41, 5.74) is 2.42. The van der Waals surface area contributed by atoms with E-state index in [1.807, 2.05) is 28.9 Å². The number of likely N-dealkylation sites (tertiary alicyclic amines) is 1. The molecule has 2 heterocycles.